The molecule has 2 rings (SSSR count). The van der Waals surface area contributed by atoms with E-state index in [9.17, 15) is 0 Å². The third-order valence-electron chi connectivity index (χ3n) is 3.03. The van der Waals surface area contributed by atoms with Crippen molar-refractivity contribution in [3.05, 3.63) is 35.4 Å². The highest BCUT2D eigenvalue weighted by molar-refractivity contribution is 5.22. The van der Waals surface area contributed by atoms with Gasteiger partial charge in [-0.3, -0.25) is 0 Å². The number of aryl methyl sites for hydroxylation is 1. The minimum absolute atomic E-state index is 0.356. The van der Waals surface area contributed by atoms with Gasteiger partial charge in [-0.2, -0.15) is 0 Å². The molecule has 1 aromatic carbocycles. The molecule has 0 aromatic heterocycles. The highest BCUT2D eigenvalue weighted by Crippen LogP contribution is 2.13. The Kier molecular flexibility index (Phi) is 3.39. The quantitative estimate of drug-likeness (QED) is 0.817. The lowest BCUT2D eigenvalue weighted by atomic mass is 10.1. The minimum Gasteiger partial charge on any atom is -0.377 e. The maximum Gasteiger partial charge on any atom is 0.0700 e. The van der Waals surface area contributed by atoms with E-state index in [0.29, 0.717) is 12.1 Å². The van der Waals surface area contributed by atoms with Crippen LogP contribution in [0.1, 0.15) is 24.5 Å². The van der Waals surface area contributed by atoms with Gasteiger partial charge in [0.15, 0.2) is 0 Å². The number of benzene rings is 1. The van der Waals surface area contributed by atoms with E-state index < -0.39 is 0 Å². The molecule has 1 heterocycles. The van der Waals surface area contributed by atoms with Crippen LogP contribution >= 0.6 is 0 Å². The van der Waals surface area contributed by atoms with E-state index in [1.807, 2.05) is 0 Å². The van der Waals surface area contributed by atoms with Gasteiger partial charge >= 0.3 is 0 Å². The van der Waals surface area contributed by atoms with Crippen molar-refractivity contribution in [1.82, 2.24) is 5.32 Å². The summed E-state index contributed by atoms with van der Waals surface area (Å²) in [5.41, 5.74) is 2.68. The Morgan fingerprint density at radius 3 is 3.00 bits per heavy atom. The van der Waals surface area contributed by atoms with Crippen LogP contribution in [0, 0.1) is 6.92 Å². The van der Waals surface area contributed by atoms with E-state index in [1.54, 1.807) is 0 Å². The third-order valence-corrected chi connectivity index (χ3v) is 3.03. The van der Waals surface area contributed by atoms with Crippen molar-refractivity contribution in [3.63, 3.8) is 0 Å². The van der Waals surface area contributed by atoms with Gasteiger partial charge in [0.05, 0.1) is 6.10 Å². The van der Waals surface area contributed by atoms with E-state index in [-0.39, 0.29) is 0 Å². The van der Waals surface area contributed by atoms with Crippen LogP contribution in [0.5, 0.6) is 0 Å². The molecular weight excluding hydrogens is 186 g/mol. The van der Waals surface area contributed by atoms with Crippen molar-refractivity contribution in [2.24, 2.45) is 0 Å². The second-order valence-corrected chi connectivity index (χ2v) is 4.34. The van der Waals surface area contributed by atoms with Gasteiger partial charge in [0.1, 0.15) is 0 Å². The summed E-state index contributed by atoms with van der Waals surface area (Å²) in [6.45, 7) is 6.11. The van der Waals surface area contributed by atoms with Crippen molar-refractivity contribution in [1.29, 1.82) is 0 Å². The summed E-state index contributed by atoms with van der Waals surface area (Å²) in [5, 5.41) is 3.55. The number of ether oxygens (including phenoxy) is 1. The molecule has 0 radical (unpaired) electrons. The molecule has 1 aliphatic rings. The van der Waals surface area contributed by atoms with E-state index in [4.69, 9.17) is 4.74 Å². The lowest BCUT2D eigenvalue weighted by Crippen LogP contribution is -2.34. The van der Waals surface area contributed by atoms with Gasteiger partial charge in [0.25, 0.3) is 0 Å². The molecule has 2 nitrogen and oxygen atoms in total. The molecular formula is C13H19NO. The van der Waals surface area contributed by atoms with Crippen LogP contribution in [0.3, 0.4) is 0 Å². The molecule has 0 unspecified atom stereocenters. The molecule has 2 heteroatoms. The summed E-state index contributed by atoms with van der Waals surface area (Å²) < 4.78 is 5.52. The highest BCUT2D eigenvalue weighted by atomic mass is 16.5. The SMILES string of the molecule is Cc1cccc(CN[C@@H]2CCO[C@H]2C)c1. The first-order valence-corrected chi connectivity index (χ1v) is 5.66. The molecule has 1 aliphatic heterocycles. The lowest BCUT2D eigenvalue weighted by Gasteiger charge is -2.16. The number of hydrogen-bond acceptors (Lipinski definition) is 2. The average molecular weight is 205 g/mol. The molecule has 0 saturated carbocycles. The zero-order valence-corrected chi connectivity index (χ0v) is 9.49. The fourth-order valence-corrected chi connectivity index (χ4v) is 2.07. The largest absolute Gasteiger partial charge is 0.377 e. The Morgan fingerprint density at radius 1 is 1.47 bits per heavy atom. The molecule has 82 valence electrons. The molecule has 1 aromatic rings. The van der Waals surface area contributed by atoms with Gasteiger partial charge in [-0.05, 0) is 25.8 Å². The van der Waals surface area contributed by atoms with Crippen molar-refractivity contribution < 1.29 is 4.74 Å². The van der Waals surface area contributed by atoms with E-state index in [0.717, 1.165) is 19.6 Å². The van der Waals surface area contributed by atoms with Crippen LogP contribution in [0.2, 0.25) is 0 Å². The minimum atomic E-state index is 0.356. The topological polar surface area (TPSA) is 21.3 Å². The summed E-state index contributed by atoms with van der Waals surface area (Å²) in [7, 11) is 0. The molecule has 15 heavy (non-hydrogen) atoms. The van der Waals surface area contributed by atoms with Gasteiger partial charge in [-0.25, -0.2) is 0 Å². The molecule has 0 bridgehead atoms. The first-order valence-electron chi connectivity index (χ1n) is 5.66. The Labute approximate surface area is 91.6 Å². The zero-order chi connectivity index (χ0) is 10.7. The van der Waals surface area contributed by atoms with E-state index >= 15 is 0 Å². The molecule has 2 atom stereocenters. The van der Waals surface area contributed by atoms with Crippen LogP contribution in [-0.2, 0) is 11.3 Å². The number of nitrogens with one attached hydrogen (secondary N) is 1. The van der Waals surface area contributed by atoms with Crippen molar-refractivity contribution in [2.75, 3.05) is 6.61 Å². The smallest absolute Gasteiger partial charge is 0.0700 e. The standard InChI is InChI=1S/C13H19NO/c1-10-4-3-5-12(8-10)9-14-13-6-7-15-11(13)2/h3-5,8,11,13-14H,6-7,9H2,1-2H3/t11-,13+/m0/s1. The van der Waals surface area contributed by atoms with Gasteiger partial charge in [0.2, 0.25) is 0 Å². The fraction of sp³-hybridized carbons (Fsp3) is 0.538. The third kappa shape index (κ3) is 2.80. The summed E-state index contributed by atoms with van der Waals surface area (Å²) in [5.74, 6) is 0. The molecule has 0 aliphatic carbocycles. The number of hydrogen-bond donors (Lipinski definition) is 1. The summed E-state index contributed by atoms with van der Waals surface area (Å²) in [4.78, 5) is 0. The first-order chi connectivity index (χ1) is 7.25. The summed E-state index contributed by atoms with van der Waals surface area (Å²) >= 11 is 0. The normalized spacial score (nSPS) is 25.7. The predicted molar refractivity (Wildman–Crippen MR) is 61.8 cm³/mol. The molecule has 1 N–H and O–H groups in total. The molecule has 1 saturated heterocycles. The molecule has 0 amide bonds. The van der Waals surface area contributed by atoms with E-state index in [1.165, 1.54) is 11.1 Å². The van der Waals surface area contributed by atoms with Crippen LogP contribution in [-0.4, -0.2) is 18.8 Å². The van der Waals surface area contributed by atoms with E-state index in [2.05, 4.69) is 43.4 Å². The van der Waals surface area contributed by atoms with Crippen molar-refractivity contribution in [3.8, 4) is 0 Å². The Morgan fingerprint density at radius 2 is 2.33 bits per heavy atom. The second kappa shape index (κ2) is 4.77. The summed E-state index contributed by atoms with van der Waals surface area (Å²) in [6, 6.07) is 9.16. The van der Waals surface area contributed by atoms with Crippen LogP contribution < -0.4 is 5.32 Å². The van der Waals surface area contributed by atoms with Crippen molar-refractivity contribution >= 4 is 0 Å². The maximum atomic E-state index is 5.52. The summed E-state index contributed by atoms with van der Waals surface area (Å²) in [6.07, 6.45) is 1.49. The zero-order valence-electron chi connectivity index (χ0n) is 9.49. The Balaban J connectivity index is 1.87. The second-order valence-electron chi connectivity index (χ2n) is 4.34. The molecule has 1 fully saturated rings. The number of rotatable bonds is 3. The maximum absolute atomic E-state index is 5.52. The lowest BCUT2D eigenvalue weighted by molar-refractivity contribution is 0.113. The van der Waals surface area contributed by atoms with Crippen LogP contribution in [0.15, 0.2) is 24.3 Å². The fourth-order valence-electron chi connectivity index (χ4n) is 2.07. The Bertz CT molecular complexity index is 324. The monoisotopic (exact) mass is 205 g/mol. The van der Waals surface area contributed by atoms with Gasteiger partial charge in [-0.1, -0.05) is 29.8 Å². The van der Waals surface area contributed by atoms with Gasteiger partial charge in [-0.15, -0.1) is 0 Å². The molecule has 0 spiro atoms. The van der Waals surface area contributed by atoms with Gasteiger partial charge < -0.3 is 10.1 Å². The van der Waals surface area contributed by atoms with Gasteiger partial charge in [0, 0.05) is 19.2 Å². The predicted octanol–water partition coefficient (Wildman–Crippen LogP) is 2.26. The first kappa shape index (κ1) is 10.7. The average Bonchev–Trinajstić information content (AvgIpc) is 2.61. The van der Waals surface area contributed by atoms with Crippen LogP contribution in [0.25, 0.3) is 0 Å². The van der Waals surface area contributed by atoms with Crippen molar-refractivity contribution in [2.45, 2.75) is 39.0 Å². The van der Waals surface area contributed by atoms with Crippen LogP contribution in [0.4, 0.5) is 0 Å². The Hall–Kier alpha value is -0.860. The highest BCUT2D eigenvalue weighted by Gasteiger charge is 2.23.